The fraction of sp³-hybridized carbons (Fsp3) is 0.611. The molecular formula is C18H30IN3O2S. The quantitative estimate of drug-likeness (QED) is 0.330. The number of hydrogen-bond donors (Lipinski definition) is 3. The van der Waals surface area contributed by atoms with Crippen LogP contribution in [0.25, 0.3) is 0 Å². The first-order valence-corrected chi connectivity index (χ1v) is 9.88. The minimum Gasteiger partial charge on any atom is -0.504 e. The van der Waals surface area contributed by atoms with Gasteiger partial charge in [-0.15, -0.1) is 24.0 Å². The van der Waals surface area contributed by atoms with Crippen LogP contribution in [-0.2, 0) is 6.54 Å². The zero-order chi connectivity index (χ0) is 17.4. The zero-order valence-corrected chi connectivity index (χ0v) is 18.4. The summed E-state index contributed by atoms with van der Waals surface area (Å²) >= 11 is 1.97. The molecule has 7 heteroatoms. The second-order valence-corrected chi connectivity index (χ2v) is 7.21. The molecular weight excluding hydrogens is 449 g/mol. The highest BCUT2D eigenvalue weighted by Gasteiger charge is 2.21. The minimum absolute atomic E-state index is 0. The summed E-state index contributed by atoms with van der Waals surface area (Å²) in [5, 5.41) is 17.5. The Balaban J connectivity index is 0.00000312. The fourth-order valence-corrected chi connectivity index (χ4v) is 3.83. The Morgan fingerprint density at radius 3 is 2.84 bits per heavy atom. The van der Waals surface area contributed by atoms with Crippen LogP contribution in [0.2, 0.25) is 0 Å². The van der Waals surface area contributed by atoms with Gasteiger partial charge in [0, 0.05) is 17.8 Å². The van der Waals surface area contributed by atoms with Crippen LogP contribution in [0.4, 0.5) is 0 Å². The van der Waals surface area contributed by atoms with Crippen LogP contribution in [0, 0.1) is 0 Å². The van der Waals surface area contributed by atoms with Gasteiger partial charge in [0.25, 0.3) is 0 Å². The van der Waals surface area contributed by atoms with Gasteiger partial charge < -0.3 is 20.5 Å². The molecule has 0 bridgehead atoms. The number of hydrogen-bond acceptors (Lipinski definition) is 4. The Labute approximate surface area is 172 Å². The molecule has 0 aliphatic heterocycles. The van der Waals surface area contributed by atoms with Crippen LogP contribution >= 0.6 is 35.7 Å². The van der Waals surface area contributed by atoms with E-state index < -0.39 is 0 Å². The third-order valence-corrected chi connectivity index (χ3v) is 5.40. The summed E-state index contributed by atoms with van der Waals surface area (Å²) in [5.41, 5.74) is 0.955. The lowest BCUT2D eigenvalue weighted by Gasteiger charge is -2.29. The Kier molecular flexibility index (Phi) is 10.4. The molecule has 2 atom stereocenters. The van der Waals surface area contributed by atoms with Gasteiger partial charge in [0.05, 0.1) is 13.7 Å². The molecule has 3 N–H and O–H groups in total. The molecule has 25 heavy (non-hydrogen) atoms. The summed E-state index contributed by atoms with van der Waals surface area (Å²) in [7, 11) is 1.55. The van der Waals surface area contributed by atoms with Gasteiger partial charge in [-0.1, -0.05) is 12.5 Å². The van der Waals surface area contributed by atoms with E-state index in [0.29, 0.717) is 18.3 Å². The second kappa shape index (κ2) is 11.7. The fourth-order valence-electron chi connectivity index (χ4n) is 3.01. The Morgan fingerprint density at radius 1 is 1.40 bits per heavy atom. The van der Waals surface area contributed by atoms with E-state index in [1.807, 2.05) is 17.8 Å². The second-order valence-electron chi connectivity index (χ2n) is 6.07. The van der Waals surface area contributed by atoms with Crippen LogP contribution in [-0.4, -0.2) is 42.3 Å². The maximum Gasteiger partial charge on any atom is 0.191 e. The molecule has 1 aliphatic carbocycles. The van der Waals surface area contributed by atoms with Crippen molar-refractivity contribution < 1.29 is 9.84 Å². The number of guanidine groups is 1. The molecule has 0 radical (unpaired) electrons. The van der Waals surface area contributed by atoms with Gasteiger partial charge in [-0.3, -0.25) is 0 Å². The van der Waals surface area contributed by atoms with Crippen LogP contribution in [0.3, 0.4) is 0 Å². The monoisotopic (exact) mass is 479 g/mol. The highest BCUT2D eigenvalue weighted by Crippen LogP contribution is 2.27. The van der Waals surface area contributed by atoms with E-state index >= 15 is 0 Å². The van der Waals surface area contributed by atoms with Crippen molar-refractivity contribution >= 4 is 41.7 Å². The number of ether oxygens (including phenoxy) is 1. The van der Waals surface area contributed by atoms with Crippen molar-refractivity contribution in [2.75, 3.05) is 19.9 Å². The number of phenolic OH excluding ortho intramolecular Hbond substituents is 1. The molecule has 142 valence electrons. The van der Waals surface area contributed by atoms with Crippen LogP contribution in [0.15, 0.2) is 23.2 Å². The summed E-state index contributed by atoms with van der Waals surface area (Å²) in [6, 6.07) is 5.88. The highest BCUT2D eigenvalue weighted by atomic mass is 127. The first-order chi connectivity index (χ1) is 11.7. The molecule has 0 spiro atoms. The molecule has 0 amide bonds. The molecule has 0 saturated heterocycles. The Bertz CT molecular complexity index is 557. The number of rotatable bonds is 6. The molecule has 1 saturated carbocycles. The molecule has 0 aromatic heterocycles. The number of methoxy groups -OCH3 is 1. The molecule has 1 fully saturated rings. The van der Waals surface area contributed by atoms with Crippen molar-refractivity contribution in [2.24, 2.45) is 4.99 Å². The summed E-state index contributed by atoms with van der Waals surface area (Å²) < 4.78 is 5.07. The lowest BCUT2D eigenvalue weighted by atomic mass is 9.95. The number of nitrogens with one attached hydrogen (secondary N) is 2. The topological polar surface area (TPSA) is 65.9 Å². The van der Waals surface area contributed by atoms with Gasteiger partial charge in [0.2, 0.25) is 0 Å². The Morgan fingerprint density at radius 2 is 2.20 bits per heavy atom. The van der Waals surface area contributed by atoms with Crippen molar-refractivity contribution in [1.82, 2.24) is 10.6 Å². The molecule has 0 heterocycles. The van der Waals surface area contributed by atoms with Crippen LogP contribution < -0.4 is 15.4 Å². The van der Waals surface area contributed by atoms with Gasteiger partial charge in [-0.2, -0.15) is 11.8 Å². The molecule has 2 rings (SSSR count). The van der Waals surface area contributed by atoms with E-state index in [2.05, 4.69) is 28.8 Å². The van der Waals surface area contributed by atoms with Crippen molar-refractivity contribution in [1.29, 1.82) is 0 Å². The molecule has 1 aliphatic rings. The predicted octanol–water partition coefficient (Wildman–Crippen LogP) is 3.75. The average molecular weight is 479 g/mol. The Hall–Kier alpha value is -0.830. The maximum atomic E-state index is 9.87. The standard InChI is InChI=1S/C18H29N3O2S.HI/c1-4-19-18(21-14-6-5-7-15(11-14)24-3)20-12-13-8-9-17(23-2)16(22)10-13;/h8-10,14-15,22H,4-7,11-12H2,1-3H3,(H2,19,20,21);1H. The van der Waals surface area contributed by atoms with Crippen molar-refractivity contribution in [3.8, 4) is 11.5 Å². The lowest BCUT2D eigenvalue weighted by molar-refractivity contribution is 0.373. The van der Waals surface area contributed by atoms with Crippen LogP contribution in [0.1, 0.15) is 38.2 Å². The smallest absolute Gasteiger partial charge is 0.191 e. The molecule has 2 unspecified atom stereocenters. The largest absolute Gasteiger partial charge is 0.504 e. The van der Waals surface area contributed by atoms with E-state index in [4.69, 9.17) is 4.74 Å². The number of thioether (sulfide) groups is 1. The van der Waals surface area contributed by atoms with E-state index in [1.54, 1.807) is 19.2 Å². The number of benzene rings is 1. The van der Waals surface area contributed by atoms with Gasteiger partial charge in [-0.05, 0) is 50.1 Å². The molecule has 1 aromatic carbocycles. The molecule has 5 nitrogen and oxygen atoms in total. The summed E-state index contributed by atoms with van der Waals surface area (Å²) in [4.78, 5) is 4.66. The molecule has 1 aromatic rings. The first-order valence-electron chi connectivity index (χ1n) is 8.59. The number of halogens is 1. The highest BCUT2D eigenvalue weighted by molar-refractivity contribution is 14.0. The number of aliphatic imine (C=N–C) groups is 1. The number of nitrogens with zero attached hydrogens (tertiary/aromatic N) is 1. The van der Waals surface area contributed by atoms with E-state index in [1.165, 1.54) is 25.7 Å². The van der Waals surface area contributed by atoms with E-state index in [9.17, 15) is 5.11 Å². The third kappa shape index (κ3) is 7.13. The van der Waals surface area contributed by atoms with Gasteiger partial charge in [0.15, 0.2) is 17.5 Å². The third-order valence-electron chi connectivity index (χ3n) is 4.31. The van der Waals surface area contributed by atoms with E-state index in [-0.39, 0.29) is 29.7 Å². The summed E-state index contributed by atoms with van der Waals surface area (Å²) in [6.45, 7) is 3.42. The van der Waals surface area contributed by atoms with Crippen LogP contribution in [0.5, 0.6) is 11.5 Å². The number of aromatic hydroxyl groups is 1. The maximum absolute atomic E-state index is 9.87. The summed E-state index contributed by atoms with van der Waals surface area (Å²) in [5.74, 6) is 1.48. The van der Waals surface area contributed by atoms with E-state index in [0.717, 1.165) is 23.3 Å². The lowest BCUT2D eigenvalue weighted by Crippen LogP contribution is -2.45. The van der Waals surface area contributed by atoms with Crippen molar-refractivity contribution in [3.05, 3.63) is 23.8 Å². The first kappa shape index (κ1) is 22.2. The normalized spacial score (nSPS) is 20.5. The van der Waals surface area contributed by atoms with Gasteiger partial charge in [0.1, 0.15) is 0 Å². The predicted molar refractivity (Wildman–Crippen MR) is 118 cm³/mol. The average Bonchev–Trinajstić information content (AvgIpc) is 2.60. The zero-order valence-electron chi connectivity index (χ0n) is 15.2. The van der Waals surface area contributed by atoms with Crippen molar-refractivity contribution in [2.45, 2.75) is 50.4 Å². The van der Waals surface area contributed by atoms with Gasteiger partial charge in [-0.25, -0.2) is 4.99 Å². The summed E-state index contributed by atoms with van der Waals surface area (Å²) in [6.07, 6.45) is 7.18. The SMILES string of the molecule is CCNC(=NCc1ccc(OC)c(O)c1)NC1CCCC(SC)C1.I. The van der Waals surface area contributed by atoms with Gasteiger partial charge >= 0.3 is 0 Å². The van der Waals surface area contributed by atoms with Crippen molar-refractivity contribution in [3.63, 3.8) is 0 Å². The minimum atomic E-state index is 0. The number of phenols is 1.